The fourth-order valence-electron chi connectivity index (χ4n) is 1.59. The molecular weight excluding hydrogens is 202 g/mol. The van der Waals surface area contributed by atoms with Crippen molar-refractivity contribution in [1.82, 2.24) is 15.1 Å². The van der Waals surface area contributed by atoms with Crippen molar-refractivity contribution in [3.8, 4) is 0 Å². The maximum Gasteiger partial charge on any atom is 0.0910 e. The van der Waals surface area contributed by atoms with Crippen LogP contribution in [0.2, 0.25) is 0 Å². The number of aryl methyl sites for hydroxylation is 1. The van der Waals surface area contributed by atoms with Gasteiger partial charge in [0.05, 0.1) is 11.8 Å². The van der Waals surface area contributed by atoms with Crippen molar-refractivity contribution >= 4 is 0 Å². The largest absolute Gasteiger partial charge is 0.385 e. The lowest BCUT2D eigenvalue weighted by Gasteiger charge is -2.21. The van der Waals surface area contributed by atoms with E-state index in [1.54, 1.807) is 6.20 Å². The van der Waals surface area contributed by atoms with E-state index < -0.39 is 5.60 Å². The molecule has 0 bridgehead atoms. The summed E-state index contributed by atoms with van der Waals surface area (Å²) in [4.78, 5) is 0. The molecule has 1 heterocycles. The Labute approximate surface area is 97.7 Å². The van der Waals surface area contributed by atoms with Crippen molar-refractivity contribution in [2.24, 2.45) is 0 Å². The van der Waals surface area contributed by atoms with Gasteiger partial charge in [-0.25, -0.2) is 0 Å². The summed E-state index contributed by atoms with van der Waals surface area (Å²) in [7, 11) is 0. The number of nitrogens with zero attached hydrogens (tertiary/aromatic N) is 2. The van der Waals surface area contributed by atoms with E-state index in [9.17, 15) is 5.11 Å². The van der Waals surface area contributed by atoms with Gasteiger partial charge in [0.15, 0.2) is 0 Å². The molecule has 1 aromatic rings. The third kappa shape index (κ3) is 3.61. The van der Waals surface area contributed by atoms with Crippen LogP contribution >= 0.6 is 0 Å². The van der Waals surface area contributed by atoms with Crippen LogP contribution in [0.5, 0.6) is 0 Å². The minimum atomic E-state index is -0.784. The highest BCUT2D eigenvalue weighted by Crippen LogP contribution is 2.23. The smallest absolute Gasteiger partial charge is 0.0910 e. The summed E-state index contributed by atoms with van der Waals surface area (Å²) in [6.45, 7) is 8.69. The van der Waals surface area contributed by atoms with Gasteiger partial charge in [-0.2, -0.15) is 5.10 Å². The van der Waals surface area contributed by atoms with Crippen LogP contribution in [0, 0.1) is 0 Å². The fraction of sp³-hybridized carbons (Fsp3) is 0.750. The number of aliphatic hydroxyl groups is 1. The van der Waals surface area contributed by atoms with Gasteiger partial charge in [0.25, 0.3) is 0 Å². The Bertz CT molecular complexity index is 307. The van der Waals surface area contributed by atoms with Gasteiger partial charge in [-0.05, 0) is 39.8 Å². The van der Waals surface area contributed by atoms with Crippen LogP contribution in [0.1, 0.15) is 39.2 Å². The van der Waals surface area contributed by atoms with E-state index >= 15 is 0 Å². The first-order valence-corrected chi connectivity index (χ1v) is 6.06. The highest BCUT2D eigenvalue weighted by molar-refractivity contribution is 5.13. The topological polar surface area (TPSA) is 50.1 Å². The maximum absolute atomic E-state index is 10.3. The summed E-state index contributed by atoms with van der Waals surface area (Å²) in [5.41, 5.74) is 0.112. The third-order valence-electron chi connectivity index (χ3n) is 2.79. The molecule has 0 aromatic carbocycles. The second-order valence-electron chi connectivity index (χ2n) is 4.36. The maximum atomic E-state index is 10.3. The number of hydrogen-bond donors (Lipinski definition) is 2. The molecule has 0 aliphatic carbocycles. The Morgan fingerprint density at radius 1 is 1.44 bits per heavy atom. The lowest BCUT2D eigenvalue weighted by molar-refractivity contribution is 0.0480. The normalized spacial score (nSPS) is 15.0. The van der Waals surface area contributed by atoms with Gasteiger partial charge < -0.3 is 10.4 Å². The van der Waals surface area contributed by atoms with Gasteiger partial charge in [0.2, 0.25) is 0 Å². The fourth-order valence-corrected chi connectivity index (χ4v) is 1.59. The summed E-state index contributed by atoms with van der Waals surface area (Å²) < 4.78 is 1.84. The monoisotopic (exact) mass is 225 g/mol. The molecule has 4 heteroatoms. The highest BCUT2D eigenvalue weighted by atomic mass is 16.3. The van der Waals surface area contributed by atoms with Crippen LogP contribution in [-0.2, 0) is 12.1 Å². The molecule has 1 aromatic heterocycles. The van der Waals surface area contributed by atoms with Gasteiger partial charge >= 0.3 is 0 Å². The quantitative estimate of drug-likeness (QED) is 0.691. The zero-order valence-corrected chi connectivity index (χ0v) is 10.5. The van der Waals surface area contributed by atoms with E-state index in [4.69, 9.17) is 0 Å². The zero-order valence-electron chi connectivity index (χ0n) is 10.5. The van der Waals surface area contributed by atoms with Crippen LogP contribution < -0.4 is 5.32 Å². The summed E-state index contributed by atoms with van der Waals surface area (Å²) in [6, 6.07) is 0. The van der Waals surface area contributed by atoms with Gasteiger partial charge in [0.1, 0.15) is 0 Å². The number of hydrogen-bond acceptors (Lipinski definition) is 3. The van der Waals surface area contributed by atoms with E-state index in [0.29, 0.717) is 6.42 Å². The second kappa shape index (κ2) is 6.01. The van der Waals surface area contributed by atoms with Gasteiger partial charge in [-0.15, -0.1) is 0 Å². The summed E-state index contributed by atoms with van der Waals surface area (Å²) in [5.74, 6) is 0. The molecule has 4 nitrogen and oxygen atoms in total. The Kier molecular flexibility index (Phi) is 4.96. The lowest BCUT2D eigenvalue weighted by Crippen LogP contribution is -2.27. The van der Waals surface area contributed by atoms with Crippen LogP contribution in [0.25, 0.3) is 0 Å². The van der Waals surface area contributed by atoms with E-state index in [1.807, 2.05) is 24.7 Å². The van der Waals surface area contributed by atoms with Gasteiger partial charge in [-0.3, -0.25) is 4.68 Å². The number of rotatable bonds is 7. The average Bonchev–Trinajstić information content (AvgIpc) is 2.73. The van der Waals surface area contributed by atoms with Crippen molar-refractivity contribution in [2.75, 3.05) is 13.1 Å². The Hall–Kier alpha value is -0.870. The molecular formula is C12H23N3O. The van der Waals surface area contributed by atoms with E-state index in [-0.39, 0.29) is 0 Å². The predicted octanol–water partition coefficient (Wildman–Crippen LogP) is 1.50. The van der Waals surface area contributed by atoms with Crippen LogP contribution in [0.15, 0.2) is 12.4 Å². The summed E-state index contributed by atoms with van der Waals surface area (Å²) >= 11 is 0. The minimum Gasteiger partial charge on any atom is -0.385 e. The molecule has 0 saturated heterocycles. The van der Waals surface area contributed by atoms with Crippen LogP contribution in [0.3, 0.4) is 0 Å². The zero-order chi connectivity index (χ0) is 12.0. The van der Waals surface area contributed by atoms with Gasteiger partial charge in [-0.1, -0.05) is 6.92 Å². The molecule has 0 saturated carbocycles. The first-order chi connectivity index (χ1) is 7.60. The second-order valence-corrected chi connectivity index (χ2v) is 4.36. The van der Waals surface area contributed by atoms with E-state index in [0.717, 1.165) is 31.6 Å². The van der Waals surface area contributed by atoms with E-state index in [2.05, 4.69) is 17.3 Å². The van der Waals surface area contributed by atoms with Gasteiger partial charge in [0, 0.05) is 18.3 Å². The van der Waals surface area contributed by atoms with Crippen molar-refractivity contribution < 1.29 is 5.11 Å². The van der Waals surface area contributed by atoms with Crippen molar-refractivity contribution in [1.29, 1.82) is 0 Å². The predicted molar refractivity (Wildman–Crippen MR) is 65.2 cm³/mol. The molecule has 0 aliphatic heterocycles. The summed E-state index contributed by atoms with van der Waals surface area (Å²) in [6.07, 6.45) is 5.50. The molecule has 92 valence electrons. The molecule has 16 heavy (non-hydrogen) atoms. The minimum absolute atomic E-state index is 0.711. The van der Waals surface area contributed by atoms with Crippen molar-refractivity contribution in [2.45, 2.75) is 45.8 Å². The first-order valence-electron chi connectivity index (χ1n) is 6.06. The molecule has 0 amide bonds. The Balaban J connectivity index is 2.48. The Morgan fingerprint density at radius 3 is 2.75 bits per heavy atom. The molecule has 1 unspecified atom stereocenters. The van der Waals surface area contributed by atoms with E-state index in [1.165, 1.54) is 0 Å². The SMILES string of the molecule is CCCNCCC(C)(O)c1cnn(CC)c1. The van der Waals surface area contributed by atoms with Crippen molar-refractivity contribution in [3.05, 3.63) is 18.0 Å². The number of aromatic nitrogens is 2. The molecule has 1 atom stereocenters. The third-order valence-corrected chi connectivity index (χ3v) is 2.79. The average molecular weight is 225 g/mol. The van der Waals surface area contributed by atoms with Crippen LogP contribution in [-0.4, -0.2) is 28.0 Å². The summed E-state index contributed by atoms with van der Waals surface area (Å²) in [5, 5.41) is 17.8. The van der Waals surface area contributed by atoms with Crippen LogP contribution in [0.4, 0.5) is 0 Å². The molecule has 0 radical (unpaired) electrons. The van der Waals surface area contributed by atoms with Crippen molar-refractivity contribution in [3.63, 3.8) is 0 Å². The molecule has 1 rings (SSSR count). The number of nitrogens with one attached hydrogen (secondary N) is 1. The molecule has 2 N–H and O–H groups in total. The first kappa shape index (κ1) is 13.2. The lowest BCUT2D eigenvalue weighted by atomic mass is 9.95. The molecule has 0 spiro atoms. The molecule has 0 fully saturated rings. The Morgan fingerprint density at radius 2 is 2.19 bits per heavy atom. The molecule has 0 aliphatic rings. The standard InChI is InChI=1S/C12H23N3O/c1-4-7-13-8-6-12(3,16)11-9-14-15(5-2)10-11/h9-10,13,16H,4-8H2,1-3H3. The highest BCUT2D eigenvalue weighted by Gasteiger charge is 2.23.